The molecule has 5 rings (SSSR count). The number of ketones is 1. The van der Waals surface area contributed by atoms with Crippen LogP contribution in [0.25, 0.3) is 11.3 Å². The molecule has 0 amide bonds. The number of hydrogen-bond donors (Lipinski definition) is 3. The molecular formula is C30H33FN2O6. The Hall–Kier alpha value is -3.53. The van der Waals surface area contributed by atoms with Crippen molar-refractivity contribution >= 4 is 5.78 Å². The summed E-state index contributed by atoms with van der Waals surface area (Å²) in [6.07, 6.45) is 0.445. The van der Waals surface area contributed by atoms with Crippen LogP contribution < -0.4 is 19.5 Å². The molecule has 1 spiro atoms. The number of benzene rings is 2. The molecule has 2 aliphatic heterocycles. The largest absolute Gasteiger partial charge is 0.493 e. The van der Waals surface area contributed by atoms with Crippen molar-refractivity contribution in [1.29, 1.82) is 0 Å². The predicted octanol–water partition coefficient (Wildman–Crippen LogP) is 4.11. The molecule has 3 atom stereocenters. The summed E-state index contributed by atoms with van der Waals surface area (Å²) in [6, 6.07) is 12.8. The number of nitrogens with zero attached hydrogens (tertiary/aromatic N) is 1. The van der Waals surface area contributed by atoms with E-state index in [1.807, 2.05) is 6.07 Å². The van der Waals surface area contributed by atoms with Crippen molar-refractivity contribution in [2.24, 2.45) is 0 Å². The Morgan fingerprint density at radius 2 is 1.97 bits per heavy atom. The van der Waals surface area contributed by atoms with E-state index in [0.29, 0.717) is 46.4 Å². The first-order valence-corrected chi connectivity index (χ1v) is 13.1. The van der Waals surface area contributed by atoms with Crippen molar-refractivity contribution in [2.45, 2.75) is 50.4 Å². The molecule has 1 aromatic heterocycles. The minimum atomic E-state index is -1.42. The summed E-state index contributed by atoms with van der Waals surface area (Å²) in [5.74, 6) is 0.925. The Kier molecular flexibility index (Phi) is 7.33. The number of rotatable bonds is 10. The number of halogens is 1. The summed E-state index contributed by atoms with van der Waals surface area (Å²) < 4.78 is 30.6. The van der Waals surface area contributed by atoms with E-state index in [1.54, 1.807) is 44.2 Å². The summed E-state index contributed by atoms with van der Waals surface area (Å²) in [7, 11) is 1.48. The highest BCUT2D eigenvalue weighted by Crippen LogP contribution is 2.48. The van der Waals surface area contributed by atoms with Crippen LogP contribution in [0.4, 0.5) is 4.39 Å². The summed E-state index contributed by atoms with van der Waals surface area (Å²) in [5.41, 5.74) is 1.24. The highest BCUT2D eigenvalue weighted by atomic mass is 19.1. The lowest BCUT2D eigenvalue weighted by Crippen LogP contribution is -2.55. The molecule has 1 saturated heterocycles. The van der Waals surface area contributed by atoms with Gasteiger partial charge in [-0.1, -0.05) is 0 Å². The van der Waals surface area contributed by atoms with Crippen LogP contribution in [0.2, 0.25) is 0 Å². The number of aliphatic hydroxyl groups is 2. The molecule has 0 saturated carbocycles. The predicted molar refractivity (Wildman–Crippen MR) is 143 cm³/mol. The average Bonchev–Trinajstić information content (AvgIpc) is 3.31. The van der Waals surface area contributed by atoms with Gasteiger partial charge in [-0.05, 0) is 81.8 Å². The van der Waals surface area contributed by atoms with E-state index in [1.165, 1.54) is 19.2 Å². The molecule has 206 valence electrons. The summed E-state index contributed by atoms with van der Waals surface area (Å²) in [6.45, 7) is 4.69. The molecule has 3 heterocycles. The lowest BCUT2D eigenvalue weighted by molar-refractivity contribution is 0.0395. The number of aromatic nitrogens is 1. The maximum atomic E-state index is 13.6. The number of carbonyl (C=O) groups excluding carboxylic acids is 1. The third kappa shape index (κ3) is 5.34. The molecule has 39 heavy (non-hydrogen) atoms. The van der Waals surface area contributed by atoms with Crippen LogP contribution in [0.15, 0.2) is 48.5 Å². The van der Waals surface area contributed by atoms with E-state index < -0.39 is 11.7 Å². The quantitative estimate of drug-likeness (QED) is 0.332. The molecule has 8 nitrogen and oxygen atoms in total. The number of carbonyl (C=O) groups is 1. The highest BCUT2D eigenvalue weighted by Gasteiger charge is 2.47. The number of pyridine rings is 1. The lowest BCUT2D eigenvalue weighted by Gasteiger charge is -2.39. The minimum Gasteiger partial charge on any atom is -0.493 e. The van der Waals surface area contributed by atoms with E-state index in [-0.39, 0.29) is 36.6 Å². The Morgan fingerprint density at radius 3 is 2.62 bits per heavy atom. The smallest absolute Gasteiger partial charge is 0.163 e. The van der Waals surface area contributed by atoms with Crippen LogP contribution in [0.5, 0.6) is 17.2 Å². The van der Waals surface area contributed by atoms with Gasteiger partial charge in [0, 0.05) is 23.1 Å². The second-order valence-electron chi connectivity index (χ2n) is 10.5. The number of Topliss-reactive ketones (excluding diaryl/α,β-unsaturated/α-hetero) is 1. The second-order valence-corrected chi connectivity index (χ2v) is 10.5. The van der Waals surface area contributed by atoms with E-state index in [0.717, 1.165) is 18.5 Å². The van der Waals surface area contributed by atoms with Gasteiger partial charge in [0.25, 0.3) is 0 Å². The van der Waals surface area contributed by atoms with Gasteiger partial charge in [-0.15, -0.1) is 0 Å². The van der Waals surface area contributed by atoms with Gasteiger partial charge in [0.2, 0.25) is 0 Å². The van der Waals surface area contributed by atoms with Gasteiger partial charge < -0.3 is 29.7 Å². The molecule has 0 aliphatic carbocycles. The van der Waals surface area contributed by atoms with Crippen molar-refractivity contribution in [3.63, 3.8) is 0 Å². The SMILES string of the molecule is COc1cc(C(=O)CCC(C)(O)c2cc3c(c(-c4ccc(F)cc4)n2)OCC32CCN2)ccc1OC[C@@H](C)O. The molecule has 1 fully saturated rings. The first kappa shape index (κ1) is 27.1. The van der Waals surface area contributed by atoms with Gasteiger partial charge in [0.1, 0.15) is 30.3 Å². The van der Waals surface area contributed by atoms with Crippen LogP contribution in [-0.2, 0) is 11.1 Å². The van der Waals surface area contributed by atoms with Gasteiger partial charge >= 0.3 is 0 Å². The van der Waals surface area contributed by atoms with E-state index in [9.17, 15) is 19.4 Å². The lowest BCUT2D eigenvalue weighted by atomic mass is 9.80. The van der Waals surface area contributed by atoms with Crippen LogP contribution in [0.3, 0.4) is 0 Å². The second kappa shape index (κ2) is 10.6. The fraction of sp³-hybridized carbons (Fsp3) is 0.400. The first-order valence-electron chi connectivity index (χ1n) is 13.1. The van der Waals surface area contributed by atoms with E-state index in [4.69, 9.17) is 19.2 Å². The molecule has 2 unspecified atom stereocenters. The van der Waals surface area contributed by atoms with Gasteiger partial charge in [0.15, 0.2) is 23.0 Å². The third-order valence-electron chi connectivity index (χ3n) is 7.44. The fourth-order valence-corrected chi connectivity index (χ4v) is 4.97. The number of ether oxygens (including phenoxy) is 3. The molecular weight excluding hydrogens is 503 g/mol. The monoisotopic (exact) mass is 536 g/mol. The fourth-order valence-electron chi connectivity index (χ4n) is 4.97. The average molecular weight is 537 g/mol. The molecule has 2 aliphatic rings. The van der Waals surface area contributed by atoms with Gasteiger partial charge in [-0.25, -0.2) is 9.37 Å². The van der Waals surface area contributed by atoms with Gasteiger partial charge in [0.05, 0.1) is 24.4 Å². The van der Waals surface area contributed by atoms with E-state index in [2.05, 4.69) is 5.32 Å². The van der Waals surface area contributed by atoms with Gasteiger partial charge in [-0.2, -0.15) is 0 Å². The zero-order valence-corrected chi connectivity index (χ0v) is 22.3. The number of hydrogen-bond acceptors (Lipinski definition) is 8. The van der Waals surface area contributed by atoms with Crippen molar-refractivity contribution in [2.75, 3.05) is 26.9 Å². The molecule has 9 heteroatoms. The zero-order valence-electron chi connectivity index (χ0n) is 22.3. The van der Waals surface area contributed by atoms with Crippen molar-refractivity contribution < 1.29 is 33.6 Å². The van der Waals surface area contributed by atoms with Crippen LogP contribution in [0, 0.1) is 5.82 Å². The maximum Gasteiger partial charge on any atom is 0.163 e. The number of aliphatic hydroxyl groups excluding tert-OH is 1. The van der Waals surface area contributed by atoms with Crippen molar-refractivity contribution in [3.05, 3.63) is 71.2 Å². The number of fused-ring (bicyclic) bond motifs is 2. The maximum absolute atomic E-state index is 13.6. The number of nitrogens with one attached hydrogen (secondary N) is 1. The summed E-state index contributed by atoms with van der Waals surface area (Å²) in [5, 5.41) is 24.5. The van der Waals surface area contributed by atoms with Crippen LogP contribution >= 0.6 is 0 Å². The molecule has 3 N–H and O–H groups in total. The normalized spacial score (nSPS) is 19.9. The summed E-state index contributed by atoms with van der Waals surface area (Å²) >= 11 is 0. The summed E-state index contributed by atoms with van der Waals surface area (Å²) in [4.78, 5) is 17.9. The van der Waals surface area contributed by atoms with Crippen LogP contribution in [0.1, 0.15) is 54.7 Å². The Labute approximate surface area is 226 Å². The topological polar surface area (TPSA) is 110 Å². The zero-order chi connectivity index (χ0) is 27.8. The number of methoxy groups -OCH3 is 1. The Balaban J connectivity index is 1.39. The van der Waals surface area contributed by atoms with E-state index >= 15 is 0 Å². The molecule has 3 aromatic rings. The van der Waals surface area contributed by atoms with Crippen LogP contribution in [-0.4, -0.2) is 54.0 Å². The minimum absolute atomic E-state index is 0.0641. The third-order valence-corrected chi connectivity index (χ3v) is 7.44. The Morgan fingerprint density at radius 1 is 1.23 bits per heavy atom. The standard InChI is InChI=1S/C30H33FN2O6/c1-18(34)16-38-24-9-6-20(14-25(24)37-3)23(35)10-11-29(2,36)26-15-22-28(39-17-30(22)12-13-32-30)27(33-26)19-4-7-21(31)8-5-19/h4-9,14-15,18,32,34,36H,10-13,16-17H2,1-3H3/t18-,29?,30?/m1/s1. The molecule has 2 aromatic carbocycles. The van der Waals surface area contributed by atoms with Crippen molar-refractivity contribution in [3.8, 4) is 28.5 Å². The molecule has 0 bridgehead atoms. The first-order chi connectivity index (χ1) is 18.6. The highest BCUT2D eigenvalue weighted by molar-refractivity contribution is 5.96. The Bertz CT molecular complexity index is 1370. The van der Waals surface area contributed by atoms with Gasteiger partial charge in [-0.3, -0.25) is 4.79 Å². The molecule has 0 radical (unpaired) electrons. The van der Waals surface area contributed by atoms with Crippen molar-refractivity contribution in [1.82, 2.24) is 10.3 Å².